The van der Waals surface area contributed by atoms with Crippen molar-refractivity contribution in [2.45, 2.75) is 31.2 Å². The SMILES string of the molecule is CC1=C(C[C@H]2CC(=O)N2)S[C@H]2C(CO)C(=O)N12. The number of nitrogens with zero attached hydrogens (tertiary/aromatic N) is 1. The molecule has 0 bridgehead atoms. The number of rotatable bonds is 3. The number of allylic oxidation sites excluding steroid dienone is 1. The number of thioether (sulfide) groups is 1. The van der Waals surface area contributed by atoms with Crippen LogP contribution >= 0.6 is 11.8 Å². The molecule has 3 atom stereocenters. The number of amides is 2. The highest BCUT2D eigenvalue weighted by Gasteiger charge is 2.52. The van der Waals surface area contributed by atoms with E-state index in [2.05, 4.69) is 5.32 Å². The van der Waals surface area contributed by atoms with Gasteiger partial charge < -0.3 is 15.3 Å². The van der Waals surface area contributed by atoms with Crippen molar-refractivity contribution in [3.63, 3.8) is 0 Å². The Bertz CT molecular complexity index is 426. The van der Waals surface area contributed by atoms with Gasteiger partial charge in [-0.25, -0.2) is 0 Å². The lowest BCUT2D eigenvalue weighted by molar-refractivity contribution is -0.148. The standard InChI is InChI=1S/C11H14N2O3S/c1-5-8(2-6-3-9(15)12-6)17-11-7(4-14)10(16)13(5)11/h6-7,11,14H,2-4H2,1H3,(H,12,15)/t6-,7?,11-/m0/s1. The third-order valence-electron chi connectivity index (χ3n) is 3.61. The zero-order chi connectivity index (χ0) is 12.2. The molecule has 0 aromatic carbocycles. The molecular formula is C11H14N2O3S. The maximum absolute atomic E-state index is 11.7. The summed E-state index contributed by atoms with van der Waals surface area (Å²) in [4.78, 5) is 25.5. The minimum absolute atomic E-state index is 0.0233. The summed E-state index contributed by atoms with van der Waals surface area (Å²) in [5.74, 6) is -0.123. The molecule has 0 saturated carbocycles. The molecule has 3 aliphatic heterocycles. The lowest BCUT2D eigenvalue weighted by Gasteiger charge is -2.41. The van der Waals surface area contributed by atoms with Gasteiger partial charge in [0.1, 0.15) is 5.37 Å². The van der Waals surface area contributed by atoms with Crippen molar-refractivity contribution < 1.29 is 14.7 Å². The smallest absolute Gasteiger partial charge is 0.236 e. The second-order valence-electron chi connectivity index (χ2n) is 4.69. The van der Waals surface area contributed by atoms with Crippen molar-refractivity contribution in [2.75, 3.05) is 6.61 Å². The van der Waals surface area contributed by atoms with Crippen molar-refractivity contribution in [2.24, 2.45) is 5.92 Å². The van der Waals surface area contributed by atoms with Crippen LogP contribution in [0.4, 0.5) is 0 Å². The van der Waals surface area contributed by atoms with Crippen molar-refractivity contribution in [1.29, 1.82) is 0 Å². The van der Waals surface area contributed by atoms with Crippen molar-refractivity contribution >= 4 is 23.6 Å². The summed E-state index contributed by atoms with van der Waals surface area (Å²) in [5.41, 5.74) is 0.996. The van der Waals surface area contributed by atoms with Crippen LogP contribution in [0, 0.1) is 5.92 Å². The molecule has 5 nitrogen and oxygen atoms in total. The number of aliphatic hydroxyl groups is 1. The van der Waals surface area contributed by atoms with Gasteiger partial charge in [0.05, 0.1) is 12.5 Å². The van der Waals surface area contributed by atoms with Crippen LogP contribution in [0.5, 0.6) is 0 Å². The molecule has 92 valence electrons. The third-order valence-corrected chi connectivity index (χ3v) is 5.13. The van der Waals surface area contributed by atoms with Crippen molar-refractivity contribution in [3.05, 3.63) is 10.6 Å². The fourth-order valence-corrected chi connectivity index (χ4v) is 4.11. The van der Waals surface area contributed by atoms with E-state index in [1.165, 1.54) is 4.91 Å². The number of fused-ring (bicyclic) bond motifs is 1. The first-order chi connectivity index (χ1) is 8.11. The Morgan fingerprint density at radius 2 is 2.24 bits per heavy atom. The summed E-state index contributed by atoms with van der Waals surface area (Å²) in [6, 6.07) is 0.223. The average molecular weight is 254 g/mol. The molecular weight excluding hydrogens is 240 g/mol. The van der Waals surface area contributed by atoms with E-state index in [1.807, 2.05) is 6.92 Å². The normalized spacial score (nSPS) is 35.4. The Morgan fingerprint density at radius 3 is 2.82 bits per heavy atom. The summed E-state index contributed by atoms with van der Waals surface area (Å²) in [5, 5.41) is 12.0. The van der Waals surface area contributed by atoms with E-state index < -0.39 is 0 Å². The number of β-lactam (4-membered cyclic amide) rings is 2. The molecule has 2 saturated heterocycles. The number of hydrogen-bond donors (Lipinski definition) is 2. The van der Waals surface area contributed by atoms with Gasteiger partial charge in [0.15, 0.2) is 0 Å². The molecule has 2 fully saturated rings. The van der Waals surface area contributed by atoms with Gasteiger partial charge in [-0.3, -0.25) is 9.59 Å². The van der Waals surface area contributed by atoms with E-state index in [1.54, 1.807) is 16.7 Å². The van der Waals surface area contributed by atoms with Gasteiger partial charge in [0.25, 0.3) is 0 Å². The predicted molar refractivity (Wildman–Crippen MR) is 62.7 cm³/mol. The second-order valence-corrected chi connectivity index (χ2v) is 5.90. The molecule has 6 heteroatoms. The van der Waals surface area contributed by atoms with Crippen molar-refractivity contribution in [1.82, 2.24) is 10.2 Å². The van der Waals surface area contributed by atoms with E-state index in [0.717, 1.165) is 12.1 Å². The molecule has 0 aromatic heterocycles. The van der Waals surface area contributed by atoms with E-state index in [4.69, 9.17) is 5.11 Å². The lowest BCUT2D eigenvalue weighted by atomic mass is 9.97. The molecule has 3 heterocycles. The minimum Gasteiger partial charge on any atom is -0.395 e. The average Bonchev–Trinajstić information content (AvgIpc) is 2.51. The first kappa shape index (κ1) is 11.1. The minimum atomic E-state index is -0.247. The molecule has 1 unspecified atom stereocenters. The zero-order valence-electron chi connectivity index (χ0n) is 9.47. The molecule has 3 rings (SSSR count). The highest BCUT2D eigenvalue weighted by Crippen LogP contribution is 2.50. The third kappa shape index (κ3) is 1.51. The van der Waals surface area contributed by atoms with E-state index in [9.17, 15) is 9.59 Å². The molecule has 0 aromatic rings. The van der Waals surface area contributed by atoms with E-state index in [0.29, 0.717) is 6.42 Å². The molecule has 3 aliphatic rings. The molecule has 2 N–H and O–H groups in total. The number of carbonyl (C=O) groups is 2. The maximum atomic E-state index is 11.7. The largest absolute Gasteiger partial charge is 0.395 e. The van der Waals surface area contributed by atoms with Crippen molar-refractivity contribution in [3.8, 4) is 0 Å². The number of carbonyl (C=O) groups excluding carboxylic acids is 2. The van der Waals surface area contributed by atoms with Crippen LogP contribution in [0.3, 0.4) is 0 Å². The van der Waals surface area contributed by atoms with Gasteiger partial charge in [-0.05, 0) is 6.92 Å². The Morgan fingerprint density at radius 1 is 1.53 bits per heavy atom. The Balaban J connectivity index is 1.68. The topological polar surface area (TPSA) is 69.6 Å². The molecule has 0 aliphatic carbocycles. The fourth-order valence-electron chi connectivity index (χ4n) is 2.52. The van der Waals surface area contributed by atoms with Crippen LogP contribution in [-0.2, 0) is 9.59 Å². The van der Waals surface area contributed by atoms with E-state index >= 15 is 0 Å². The molecule has 2 amide bonds. The monoisotopic (exact) mass is 254 g/mol. The van der Waals surface area contributed by atoms with E-state index in [-0.39, 0.29) is 35.8 Å². The summed E-state index contributed by atoms with van der Waals surface area (Å²) in [7, 11) is 0. The Kier molecular flexibility index (Phi) is 2.45. The van der Waals surface area contributed by atoms with Gasteiger partial charge in [-0.2, -0.15) is 0 Å². The number of aliphatic hydroxyl groups excluding tert-OH is 1. The highest BCUT2D eigenvalue weighted by molar-refractivity contribution is 8.04. The second kappa shape index (κ2) is 3.74. The van der Waals surface area contributed by atoms with Gasteiger partial charge in [-0.15, -0.1) is 11.8 Å². The van der Waals surface area contributed by atoms with Gasteiger partial charge in [0, 0.05) is 29.5 Å². The van der Waals surface area contributed by atoms with Gasteiger partial charge in [0.2, 0.25) is 11.8 Å². The quantitative estimate of drug-likeness (QED) is 0.697. The summed E-state index contributed by atoms with van der Waals surface area (Å²) in [6.45, 7) is 1.86. The van der Waals surface area contributed by atoms with Gasteiger partial charge >= 0.3 is 0 Å². The van der Waals surface area contributed by atoms with Crippen LogP contribution < -0.4 is 5.32 Å². The Labute approximate surface area is 103 Å². The first-order valence-electron chi connectivity index (χ1n) is 5.71. The van der Waals surface area contributed by atoms with Gasteiger partial charge in [-0.1, -0.05) is 0 Å². The zero-order valence-corrected chi connectivity index (χ0v) is 10.3. The lowest BCUT2D eigenvalue weighted by Crippen LogP contribution is -2.57. The van der Waals surface area contributed by atoms with Crippen LogP contribution in [-0.4, -0.2) is 39.8 Å². The maximum Gasteiger partial charge on any atom is 0.236 e. The number of hydrogen-bond acceptors (Lipinski definition) is 4. The molecule has 0 spiro atoms. The highest BCUT2D eigenvalue weighted by atomic mass is 32.2. The summed E-state index contributed by atoms with van der Waals surface area (Å²) >= 11 is 1.66. The number of nitrogens with one attached hydrogen (secondary N) is 1. The summed E-state index contributed by atoms with van der Waals surface area (Å²) in [6.07, 6.45) is 1.39. The van der Waals surface area contributed by atoms with Crippen LogP contribution in [0.25, 0.3) is 0 Å². The van der Waals surface area contributed by atoms with Crippen LogP contribution in [0.2, 0.25) is 0 Å². The fraction of sp³-hybridized carbons (Fsp3) is 0.636. The summed E-state index contributed by atoms with van der Waals surface area (Å²) < 4.78 is 0. The predicted octanol–water partition coefficient (Wildman–Crippen LogP) is 0.0201. The van der Waals surface area contributed by atoms with Crippen LogP contribution in [0.15, 0.2) is 10.6 Å². The molecule has 17 heavy (non-hydrogen) atoms. The Hall–Kier alpha value is -1.01. The molecule has 0 radical (unpaired) electrons. The van der Waals surface area contributed by atoms with Crippen LogP contribution in [0.1, 0.15) is 19.8 Å². The first-order valence-corrected chi connectivity index (χ1v) is 6.59.